The van der Waals surface area contributed by atoms with Crippen molar-refractivity contribution >= 4 is 5.78 Å². The molecule has 1 aromatic rings. The summed E-state index contributed by atoms with van der Waals surface area (Å²) in [5, 5.41) is 0. The Balaban J connectivity index is 2.79. The lowest BCUT2D eigenvalue weighted by Crippen LogP contribution is -2.00. The number of carbonyl (C=O) groups is 1. The maximum atomic E-state index is 11.2. The minimum absolute atomic E-state index is 0.309. The van der Waals surface area contributed by atoms with Crippen molar-refractivity contribution in [3.63, 3.8) is 0 Å². The van der Waals surface area contributed by atoms with Crippen LogP contribution in [0, 0.1) is 13.8 Å². The van der Waals surface area contributed by atoms with Gasteiger partial charge in [0.25, 0.3) is 0 Å². The Bertz CT molecular complexity index is 313. The van der Waals surface area contributed by atoms with Gasteiger partial charge in [-0.2, -0.15) is 0 Å². The van der Waals surface area contributed by atoms with Gasteiger partial charge in [0.2, 0.25) is 0 Å². The summed E-state index contributed by atoms with van der Waals surface area (Å²) >= 11 is 0. The molecular formula is C12H16O. The molecule has 0 bridgehead atoms. The minimum atomic E-state index is 0.309. The molecule has 70 valence electrons. The van der Waals surface area contributed by atoms with Crippen LogP contribution in [0.3, 0.4) is 0 Å². The first kappa shape index (κ1) is 9.97. The minimum Gasteiger partial charge on any atom is -0.299 e. The van der Waals surface area contributed by atoms with Crippen LogP contribution in [0.4, 0.5) is 0 Å². The van der Waals surface area contributed by atoms with Crippen molar-refractivity contribution in [1.29, 1.82) is 0 Å². The number of ketones is 1. The molecule has 0 saturated heterocycles. The van der Waals surface area contributed by atoms with E-state index in [1.54, 1.807) is 0 Å². The molecule has 1 nitrogen and oxygen atoms in total. The predicted octanol–water partition coefficient (Wildman–Crippen LogP) is 2.83. The second kappa shape index (κ2) is 4.22. The van der Waals surface area contributed by atoms with E-state index in [1.807, 2.05) is 13.0 Å². The second-order valence-electron chi connectivity index (χ2n) is 3.49. The molecule has 0 aliphatic carbocycles. The number of hydrogen-bond donors (Lipinski definition) is 0. The van der Waals surface area contributed by atoms with Crippen molar-refractivity contribution in [1.82, 2.24) is 0 Å². The van der Waals surface area contributed by atoms with Gasteiger partial charge in [-0.05, 0) is 30.5 Å². The van der Waals surface area contributed by atoms with E-state index in [9.17, 15) is 4.79 Å². The van der Waals surface area contributed by atoms with Crippen molar-refractivity contribution in [2.45, 2.75) is 33.6 Å². The summed E-state index contributed by atoms with van der Waals surface area (Å²) in [4.78, 5) is 11.2. The summed E-state index contributed by atoms with van der Waals surface area (Å²) in [6, 6.07) is 6.21. The van der Waals surface area contributed by atoms with E-state index in [1.165, 1.54) is 11.1 Å². The van der Waals surface area contributed by atoms with E-state index in [0.717, 1.165) is 5.56 Å². The van der Waals surface area contributed by atoms with Gasteiger partial charge in [-0.3, -0.25) is 4.79 Å². The zero-order valence-electron chi connectivity index (χ0n) is 8.55. The number of hydrogen-bond acceptors (Lipinski definition) is 1. The van der Waals surface area contributed by atoms with Crippen LogP contribution in [-0.2, 0) is 11.2 Å². The molecule has 1 aromatic carbocycles. The molecule has 1 rings (SSSR count). The molecule has 1 heteroatoms. The van der Waals surface area contributed by atoms with Crippen LogP contribution < -0.4 is 0 Å². The lowest BCUT2D eigenvalue weighted by molar-refractivity contribution is -0.118. The van der Waals surface area contributed by atoms with Gasteiger partial charge in [0, 0.05) is 12.8 Å². The monoisotopic (exact) mass is 176 g/mol. The molecule has 0 amide bonds. The van der Waals surface area contributed by atoms with Gasteiger partial charge in [0.05, 0.1) is 0 Å². The first-order valence-corrected chi connectivity index (χ1v) is 4.71. The Labute approximate surface area is 79.8 Å². The highest BCUT2D eigenvalue weighted by Gasteiger charge is 2.01. The average Bonchev–Trinajstić information content (AvgIpc) is 2.11. The largest absolute Gasteiger partial charge is 0.299 e. The second-order valence-corrected chi connectivity index (χ2v) is 3.49. The van der Waals surface area contributed by atoms with Crippen LogP contribution in [0.5, 0.6) is 0 Å². The predicted molar refractivity (Wildman–Crippen MR) is 54.9 cm³/mol. The fraction of sp³-hybridized carbons (Fsp3) is 0.417. The van der Waals surface area contributed by atoms with E-state index in [4.69, 9.17) is 0 Å². The summed E-state index contributed by atoms with van der Waals surface area (Å²) < 4.78 is 0. The fourth-order valence-electron chi connectivity index (χ4n) is 1.27. The van der Waals surface area contributed by atoms with Crippen molar-refractivity contribution in [2.24, 2.45) is 0 Å². The maximum absolute atomic E-state index is 11.2. The molecule has 0 aliphatic rings. The third kappa shape index (κ3) is 2.69. The van der Waals surface area contributed by atoms with Crippen LogP contribution in [0.2, 0.25) is 0 Å². The average molecular weight is 176 g/mol. The normalized spacial score (nSPS) is 10.1. The highest BCUT2D eigenvalue weighted by molar-refractivity contribution is 5.80. The van der Waals surface area contributed by atoms with Gasteiger partial charge in [-0.25, -0.2) is 0 Å². The standard InChI is InChI=1S/C12H16O/c1-4-12(13)8-11-6-5-9(2)10(3)7-11/h5-7H,4,8H2,1-3H3. The Morgan fingerprint density at radius 2 is 1.92 bits per heavy atom. The van der Waals surface area contributed by atoms with Crippen LogP contribution in [0.1, 0.15) is 30.0 Å². The van der Waals surface area contributed by atoms with E-state index in [0.29, 0.717) is 18.6 Å². The highest BCUT2D eigenvalue weighted by Crippen LogP contribution is 2.10. The first-order valence-electron chi connectivity index (χ1n) is 4.71. The number of rotatable bonds is 3. The Morgan fingerprint density at radius 1 is 1.23 bits per heavy atom. The zero-order valence-corrected chi connectivity index (χ0v) is 8.55. The molecule has 0 heterocycles. The summed E-state index contributed by atoms with van der Waals surface area (Å²) in [6.45, 7) is 6.07. The molecule has 0 unspecified atom stereocenters. The van der Waals surface area contributed by atoms with Gasteiger partial charge >= 0.3 is 0 Å². The van der Waals surface area contributed by atoms with Crippen molar-refractivity contribution in [3.8, 4) is 0 Å². The van der Waals surface area contributed by atoms with Gasteiger partial charge in [-0.1, -0.05) is 25.1 Å². The van der Waals surface area contributed by atoms with Crippen molar-refractivity contribution < 1.29 is 4.79 Å². The molecule has 0 aliphatic heterocycles. The molecule has 0 atom stereocenters. The van der Waals surface area contributed by atoms with Gasteiger partial charge in [0.15, 0.2) is 0 Å². The lowest BCUT2D eigenvalue weighted by atomic mass is 10.0. The topological polar surface area (TPSA) is 17.1 Å². The Morgan fingerprint density at radius 3 is 2.46 bits per heavy atom. The highest BCUT2D eigenvalue weighted by atomic mass is 16.1. The molecule has 0 saturated carbocycles. The van der Waals surface area contributed by atoms with Crippen LogP contribution in [0.25, 0.3) is 0 Å². The summed E-state index contributed by atoms with van der Waals surface area (Å²) in [7, 11) is 0. The molecule has 0 spiro atoms. The van der Waals surface area contributed by atoms with E-state index < -0.39 is 0 Å². The lowest BCUT2D eigenvalue weighted by Gasteiger charge is -2.03. The molecule has 0 aromatic heterocycles. The number of Topliss-reactive ketones (excluding diaryl/α,β-unsaturated/α-hetero) is 1. The SMILES string of the molecule is CCC(=O)Cc1ccc(C)c(C)c1. The van der Waals surface area contributed by atoms with Crippen LogP contribution in [-0.4, -0.2) is 5.78 Å². The molecule has 0 N–H and O–H groups in total. The molecule has 0 radical (unpaired) electrons. The number of carbonyl (C=O) groups excluding carboxylic acids is 1. The molecular weight excluding hydrogens is 160 g/mol. The Kier molecular flexibility index (Phi) is 3.24. The fourth-order valence-corrected chi connectivity index (χ4v) is 1.27. The zero-order chi connectivity index (χ0) is 9.84. The van der Waals surface area contributed by atoms with Gasteiger partial charge < -0.3 is 0 Å². The molecule has 13 heavy (non-hydrogen) atoms. The van der Waals surface area contributed by atoms with Crippen molar-refractivity contribution in [3.05, 3.63) is 34.9 Å². The smallest absolute Gasteiger partial charge is 0.136 e. The maximum Gasteiger partial charge on any atom is 0.136 e. The van der Waals surface area contributed by atoms with E-state index in [-0.39, 0.29) is 0 Å². The summed E-state index contributed by atoms with van der Waals surface area (Å²) in [6.07, 6.45) is 1.21. The van der Waals surface area contributed by atoms with Gasteiger partial charge in [-0.15, -0.1) is 0 Å². The summed E-state index contributed by atoms with van der Waals surface area (Å²) in [5.74, 6) is 0.309. The molecule has 0 fully saturated rings. The van der Waals surface area contributed by atoms with Crippen LogP contribution in [0.15, 0.2) is 18.2 Å². The van der Waals surface area contributed by atoms with E-state index in [2.05, 4.69) is 26.0 Å². The number of benzene rings is 1. The van der Waals surface area contributed by atoms with Crippen LogP contribution >= 0.6 is 0 Å². The van der Waals surface area contributed by atoms with Crippen molar-refractivity contribution in [2.75, 3.05) is 0 Å². The Hall–Kier alpha value is -1.11. The third-order valence-electron chi connectivity index (χ3n) is 2.37. The quantitative estimate of drug-likeness (QED) is 0.692. The van der Waals surface area contributed by atoms with E-state index >= 15 is 0 Å². The summed E-state index contributed by atoms with van der Waals surface area (Å²) in [5.41, 5.74) is 3.68. The van der Waals surface area contributed by atoms with Gasteiger partial charge in [0.1, 0.15) is 5.78 Å². The third-order valence-corrected chi connectivity index (χ3v) is 2.37. The first-order chi connectivity index (χ1) is 6.13. The number of aryl methyl sites for hydroxylation is 2.